The molecule has 4 aliphatic rings. The third-order valence-corrected chi connectivity index (χ3v) is 7.41. The Hall–Kier alpha value is -1.62. The third kappa shape index (κ3) is 2.39. The molecule has 0 aromatic heterocycles. The maximum atomic E-state index is 12.2. The molecule has 0 radical (unpaired) electrons. The average molecular weight is 346 g/mol. The molecule has 25 heavy (non-hydrogen) atoms. The monoisotopic (exact) mass is 346 g/mol. The lowest BCUT2D eigenvalue weighted by atomic mass is 9.46. The topological polar surface area (TPSA) is 72.8 Å². The molecule has 1 saturated heterocycles. The summed E-state index contributed by atoms with van der Waals surface area (Å²) < 4.78 is 10.5. The first-order valence-corrected chi connectivity index (χ1v) is 9.30. The second-order valence-electron chi connectivity index (χ2n) is 8.44. The summed E-state index contributed by atoms with van der Waals surface area (Å²) >= 11 is 0. The quantitative estimate of drug-likeness (QED) is 0.795. The molecular weight excluding hydrogens is 320 g/mol. The number of ether oxygens (including phenoxy) is 2. The third-order valence-electron chi connectivity index (χ3n) is 7.41. The Morgan fingerprint density at radius 3 is 2.80 bits per heavy atom. The van der Waals surface area contributed by atoms with Crippen molar-refractivity contribution in [1.82, 2.24) is 0 Å². The Morgan fingerprint density at radius 1 is 1.28 bits per heavy atom. The second kappa shape index (κ2) is 5.70. The van der Waals surface area contributed by atoms with Gasteiger partial charge >= 0.3 is 11.9 Å². The van der Waals surface area contributed by atoms with Gasteiger partial charge in [0.1, 0.15) is 13.2 Å². The van der Waals surface area contributed by atoms with E-state index in [0.29, 0.717) is 37.5 Å². The number of carbonyl (C=O) groups is 2. The highest BCUT2D eigenvalue weighted by molar-refractivity contribution is 5.93. The van der Waals surface area contributed by atoms with Crippen molar-refractivity contribution in [1.29, 1.82) is 0 Å². The Kier molecular flexibility index (Phi) is 3.83. The zero-order chi connectivity index (χ0) is 17.8. The van der Waals surface area contributed by atoms with E-state index in [4.69, 9.17) is 9.47 Å². The van der Waals surface area contributed by atoms with Gasteiger partial charge in [-0.1, -0.05) is 13.8 Å². The molecule has 0 bridgehead atoms. The number of cyclic esters (lactones) is 2. The molecule has 0 aromatic rings. The molecule has 2 aliphatic carbocycles. The molecule has 2 heterocycles. The highest BCUT2D eigenvalue weighted by atomic mass is 16.5. The van der Waals surface area contributed by atoms with Crippen LogP contribution in [-0.2, 0) is 19.1 Å². The minimum Gasteiger partial charge on any atom is -0.461 e. The van der Waals surface area contributed by atoms with E-state index in [1.165, 1.54) is 0 Å². The Labute approximate surface area is 148 Å². The highest BCUT2D eigenvalue weighted by Gasteiger charge is 2.61. The van der Waals surface area contributed by atoms with E-state index < -0.39 is 6.10 Å². The molecule has 0 amide bonds. The maximum absolute atomic E-state index is 12.2. The molecule has 4 rings (SSSR count). The zero-order valence-electron chi connectivity index (χ0n) is 14.9. The van der Waals surface area contributed by atoms with E-state index in [-0.39, 0.29) is 28.7 Å². The predicted molar refractivity (Wildman–Crippen MR) is 90.4 cm³/mol. The van der Waals surface area contributed by atoms with Gasteiger partial charge in [-0.05, 0) is 61.5 Å². The fraction of sp³-hybridized carbons (Fsp3) is 0.700. The number of aliphatic hydroxyl groups excluding tert-OH is 1. The Bertz CT molecular complexity index is 678. The Balaban J connectivity index is 1.66. The summed E-state index contributed by atoms with van der Waals surface area (Å²) in [5.74, 6) is 0.180. The number of rotatable bonds is 3. The summed E-state index contributed by atoms with van der Waals surface area (Å²) in [7, 11) is 0. The van der Waals surface area contributed by atoms with Gasteiger partial charge in [0.2, 0.25) is 0 Å². The smallest absolute Gasteiger partial charge is 0.334 e. The number of hydrogen-bond acceptors (Lipinski definition) is 5. The molecule has 2 fully saturated rings. The van der Waals surface area contributed by atoms with Gasteiger partial charge < -0.3 is 14.6 Å². The lowest BCUT2D eigenvalue weighted by Gasteiger charge is -2.57. The highest BCUT2D eigenvalue weighted by Crippen LogP contribution is 2.64. The maximum Gasteiger partial charge on any atom is 0.334 e. The standard InChI is InChI=1S/C20H26O5/c1-12-3-7-20-11-25-18(23)15(20)9-14(21)10-16(20)19(12,2)6-4-13-5-8-24-17(13)22/h5,9,12,14,16,21H,3-4,6-8,10-11H2,1-2H3. The van der Waals surface area contributed by atoms with Crippen LogP contribution in [0.1, 0.15) is 46.0 Å². The molecule has 5 heteroatoms. The van der Waals surface area contributed by atoms with Crippen LogP contribution in [0.25, 0.3) is 0 Å². The first kappa shape index (κ1) is 16.8. The van der Waals surface area contributed by atoms with E-state index in [2.05, 4.69) is 13.8 Å². The summed E-state index contributed by atoms with van der Waals surface area (Å²) in [5, 5.41) is 10.4. The van der Waals surface area contributed by atoms with E-state index in [9.17, 15) is 14.7 Å². The Morgan fingerprint density at radius 2 is 2.08 bits per heavy atom. The summed E-state index contributed by atoms with van der Waals surface area (Å²) in [6.45, 7) is 5.34. The van der Waals surface area contributed by atoms with Crippen molar-refractivity contribution < 1.29 is 24.2 Å². The van der Waals surface area contributed by atoms with Crippen molar-refractivity contribution in [2.24, 2.45) is 22.7 Å². The summed E-state index contributed by atoms with van der Waals surface area (Å²) in [4.78, 5) is 24.0. The van der Waals surface area contributed by atoms with Crippen molar-refractivity contribution in [3.8, 4) is 0 Å². The second-order valence-corrected chi connectivity index (χ2v) is 8.44. The molecule has 2 aliphatic heterocycles. The number of aliphatic hydroxyl groups is 1. The molecule has 1 N–H and O–H groups in total. The van der Waals surface area contributed by atoms with Crippen LogP contribution in [-0.4, -0.2) is 36.4 Å². The van der Waals surface area contributed by atoms with Crippen LogP contribution in [0.15, 0.2) is 23.3 Å². The van der Waals surface area contributed by atoms with Gasteiger partial charge in [0.15, 0.2) is 0 Å². The van der Waals surface area contributed by atoms with Crippen molar-refractivity contribution in [3.63, 3.8) is 0 Å². The SMILES string of the molecule is CC1CCC23COC(=O)C2=CC(O)CC3C1(C)CCC1=CCOC1=O. The lowest BCUT2D eigenvalue weighted by Crippen LogP contribution is -2.53. The van der Waals surface area contributed by atoms with Crippen LogP contribution < -0.4 is 0 Å². The predicted octanol–water partition coefficient (Wildman–Crippen LogP) is 2.54. The normalized spacial score (nSPS) is 42.9. The van der Waals surface area contributed by atoms with Gasteiger partial charge in [-0.2, -0.15) is 0 Å². The number of hydrogen-bond donors (Lipinski definition) is 1. The van der Waals surface area contributed by atoms with Gasteiger partial charge in [-0.25, -0.2) is 9.59 Å². The van der Waals surface area contributed by atoms with E-state index in [1.807, 2.05) is 6.08 Å². The van der Waals surface area contributed by atoms with E-state index in [1.54, 1.807) is 6.08 Å². The zero-order valence-corrected chi connectivity index (χ0v) is 14.9. The van der Waals surface area contributed by atoms with Gasteiger partial charge in [-0.15, -0.1) is 0 Å². The first-order chi connectivity index (χ1) is 11.9. The summed E-state index contributed by atoms with van der Waals surface area (Å²) in [6.07, 6.45) is 7.16. The van der Waals surface area contributed by atoms with Crippen LogP contribution in [0.4, 0.5) is 0 Å². The van der Waals surface area contributed by atoms with Crippen molar-refractivity contribution in [2.75, 3.05) is 13.2 Å². The van der Waals surface area contributed by atoms with E-state index >= 15 is 0 Å². The van der Waals surface area contributed by atoms with Crippen LogP contribution in [0.3, 0.4) is 0 Å². The molecule has 5 atom stereocenters. The van der Waals surface area contributed by atoms with Crippen LogP contribution in [0.2, 0.25) is 0 Å². The summed E-state index contributed by atoms with van der Waals surface area (Å²) in [6, 6.07) is 0. The van der Waals surface area contributed by atoms with Gasteiger partial charge in [0, 0.05) is 16.6 Å². The van der Waals surface area contributed by atoms with Crippen LogP contribution in [0, 0.1) is 22.7 Å². The van der Waals surface area contributed by atoms with Crippen LogP contribution in [0.5, 0.6) is 0 Å². The first-order valence-electron chi connectivity index (χ1n) is 9.30. The molecular formula is C20H26O5. The van der Waals surface area contributed by atoms with Crippen LogP contribution >= 0.6 is 0 Å². The minimum absolute atomic E-state index is 0.0591. The fourth-order valence-corrected chi connectivity index (χ4v) is 5.65. The number of carbonyl (C=O) groups excluding carboxylic acids is 2. The summed E-state index contributed by atoms with van der Waals surface area (Å²) in [5.41, 5.74) is 1.13. The lowest BCUT2D eigenvalue weighted by molar-refractivity contribution is -0.137. The van der Waals surface area contributed by atoms with Gasteiger partial charge in [-0.3, -0.25) is 0 Å². The largest absolute Gasteiger partial charge is 0.461 e. The van der Waals surface area contributed by atoms with Crippen molar-refractivity contribution >= 4 is 11.9 Å². The number of esters is 2. The van der Waals surface area contributed by atoms with Crippen molar-refractivity contribution in [2.45, 2.75) is 52.1 Å². The molecule has 0 aromatic carbocycles. The van der Waals surface area contributed by atoms with Crippen molar-refractivity contribution in [3.05, 3.63) is 23.3 Å². The minimum atomic E-state index is -0.598. The molecule has 5 nitrogen and oxygen atoms in total. The van der Waals surface area contributed by atoms with Gasteiger partial charge in [0.25, 0.3) is 0 Å². The fourth-order valence-electron chi connectivity index (χ4n) is 5.65. The molecule has 5 unspecified atom stereocenters. The molecule has 1 spiro atoms. The molecule has 1 saturated carbocycles. The van der Waals surface area contributed by atoms with Gasteiger partial charge in [0.05, 0.1) is 6.10 Å². The van der Waals surface area contributed by atoms with E-state index in [0.717, 1.165) is 24.8 Å². The molecule has 136 valence electrons. The average Bonchev–Trinajstić information content (AvgIpc) is 3.13.